The minimum Gasteiger partial charge on any atom is -0.338 e. The minimum absolute atomic E-state index is 0.0492. The molecule has 2 aromatic carbocycles. The van der Waals surface area contributed by atoms with Crippen LogP contribution < -0.4 is 0 Å². The van der Waals surface area contributed by atoms with Crippen LogP contribution in [0.15, 0.2) is 54.7 Å². The number of aryl methyl sites for hydroxylation is 2. The molecule has 7 heteroatoms. The molecule has 4 rings (SSSR count). The first-order valence-electron chi connectivity index (χ1n) is 11.3. The number of hydrogen-bond acceptors (Lipinski definition) is 4. The van der Waals surface area contributed by atoms with Crippen molar-refractivity contribution in [3.05, 3.63) is 71.4 Å². The summed E-state index contributed by atoms with van der Waals surface area (Å²) >= 11 is 0. The van der Waals surface area contributed by atoms with Crippen molar-refractivity contribution in [2.45, 2.75) is 13.8 Å². The Labute approximate surface area is 195 Å². The maximum atomic E-state index is 13.6. The molecule has 2 heterocycles. The molecule has 3 aromatic rings. The van der Waals surface area contributed by atoms with Gasteiger partial charge in [-0.1, -0.05) is 42.0 Å². The Morgan fingerprint density at radius 3 is 2.24 bits per heavy atom. The minimum atomic E-state index is -0.0492. The van der Waals surface area contributed by atoms with Gasteiger partial charge in [0.2, 0.25) is 5.91 Å². The van der Waals surface area contributed by atoms with Crippen molar-refractivity contribution in [1.29, 1.82) is 0 Å². The molecule has 33 heavy (non-hydrogen) atoms. The summed E-state index contributed by atoms with van der Waals surface area (Å²) in [6, 6.07) is 16.0. The monoisotopic (exact) mass is 445 g/mol. The van der Waals surface area contributed by atoms with E-state index in [4.69, 9.17) is 5.10 Å². The lowest BCUT2D eigenvalue weighted by molar-refractivity contribution is -0.133. The summed E-state index contributed by atoms with van der Waals surface area (Å²) in [4.78, 5) is 31.6. The number of aromatic nitrogens is 2. The molecule has 172 valence electrons. The summed E-state index contributed by atoms with van der Waals surface area (Å²) in [6.07, 6.45) is 1.83. The van der Waals surface area contributed by atoms with Crippen molar-refractivity contribution in [3.8, 4) is 16.9 Å². The number of amides is 2. The van der Waals surface area contributed by atoms with Crippen LogP contribution in [0.2, 0.25) is 0 Å². The van der Waals surface area contributed by atoms with Gasteiger partial charge in [-0.15, -0.1) is 0 Å². The normalized spacial score (nSPS) is 14.1. The van der Waals surface area contributed by atoms with E-state index >= 15 is 0 Å². The van der Waals surface area contributed by atoms with E-state index in [0.717, 1.165) is 16.8 Å². The van der Waals surface area contributed by atoms with E-state index in [2.05, 4.69) is 13.0 Å². The van der Waals surface area contributed by atoms with Gasteiger partial charge in [-0.3, -0.25) is 9.59 Å². The highest BCUT2D eigenvalue weighted by atomic mass is 16.2. The molecule has 0 bridgehead atoms. The Bertz CT molecular complexity index is 1140. The van der Waals surface area contributed by atoms with Crippen LogP contribution in [0.4, 0.5) is 0 Å². The zero-order valence-corrected chi connectivity index (χ0v) is 19.8. The molecular formula is C26H31N5O2. The molecular weight excluding hydrogens is 414 g/mol. The number of piperazine rings is 1. The highest BCUT2D eigenvalue weighted by molar-refractivity contribution is 6.00. The molecule has 1 saturated heterocycles. The summed E-state index contributed by atoms with van der Waals surface area (Å²) in [5, 5.41) is 4.83. The summed E-state index contributed by atoms with van der Waals surface area (Å²) in [5.41, 5.74) is 5.39. The number of carbonyl (C=O) groups excluding carboxylic acids is 2. The van der Waals surface area contributed by atoms with Crippen LogP contribution in [0.1, 0.15) is 21.5 Å². The maximum Gasteiger partial charge on any atom is 0.257 e. The summed E-state index contributed by atoms with van der Waals surface area (Å²) in [7, 11) is 3.77. The molecule has 0 radical (unpaired) electrons. The second-order valence-corrected chi connectivity index (χ2v) is 8.90. The van der Waals surface area contributed by atoms with E-state index in [1.54, 1.807) is 4.68 Å². The molecule has 1 aromatic heterocycles. The van der Waals surface area contributed by atoms with Gasteiger partial charge in [0.05, 0.1) is 17.8 Å². The fraction of sp³-hybridized carbons (Fsp3) is 0.346. The fourth-order valence-corrected chi connectivity index (χ4v) is 4.22. The number of nitrogens with zero attached hydrogens (tertiary/aromatic N) is 5. The molecule has 0 spiro atoms. The lowest BCUT2D eigenvalue weighted by Crippen LogP contribution is -2.52. The molecule has 0 atom stereocenters. The Balaban J connectivity index is 1.63. The van der Waals surface area contributed by atoms with Gasteiger partial charge in [0.1, 0.15) is 5.69 Å². The first kappa shape index (κ1) is 22.7. The largest absolute Gasteiger partial charge is 0.338 e. The van der Waals surface area contributed by atoms with Crippen LogP contribution in [0.25, 0.3) is 16.9 Å². The molecule has 2 amide bonds. The van der Waals surface area contributed by atoms with Gasteiger partial charge in [0.25, 0.3) is 5.91 Å². The summed E-state index contributed by atoms with van der Waals surface area (Å²) in [6.45, 7) is 6.61. The summed E-state index contributed by atoms with van der Waals surface area (Å²) < 4.78 is 1.78. The maximum absolute atomic E-state index is 13.6. The van der Waals surface area contributed by atoms with E-state index in [0.29, 0.717) is 44.0 Å². The van der Waals surface area contributed by atoms with Crippen LogP contribution in [0.5, 0.6) is 0 Å². The quantitative estimate of drug-likeness (QED) is 0.606. The van der Waals surface area contributed by atoms with Crippen LogP contribution in [-0.2, 0) is 4.79 Å². The smallest absolute Gasteiger partial charge is 0.257 e. The van der Waals surface area contributed by atoms with Crippen molar-refractivity contribution >= 4 is 11.8 Å². The zero-order valence-electron chi connectivity index (χ0n) is 19.8. The van der Waals surface area contributed by atoms with Crippen molar-refractivity contribution in [1.82, 2.24) is 24.5 Å². The highest BCUT2D eigenvalue weighted by Crippen LogP contribution is 2.28. The highest BCUT2D eigenvalue weighted by Gasteiger charge is 2.28. The van der Waals surface area contributed by atoms with E-state index in [9.17, 15) is 9.59 Å². The Morgan fingerprint density at radius 1 is 0.939 bits per heavy atom. The molecule has 0 saturated carbocycles. The number of likely N-dealkylation sites (N-methyl/N-ethyl adjacent to an activating group) is 1. The van der Waals surface area contributed by atoms with Crippen LogP contribution in [0.3, 0.4) is 0 Å². The van der Waals surface area contributed by atoms with E-state index in [1.165, 1.54) is 5.56 Å². The van der Waals surface area contributed by atoms with E-state index in [-0.39, 0.29) is 11.8 Å². The lowest BCUT2D eigenvalue weighted by Gasteiger charge is -2.35. The zero-order chi connectivity index (χ0) is 23.5. The van der Waals surface area contributed by atoms with Gasteiger partial charge >= 0.3 is 0 Å². The first-order chi connectivity index (χ1) is 15.8. The van der Waals surface area contributed by atoms with Gasteiger partial charge in [0, 0.05) is 37.9 Å². The topological polar surface area (TPSA) is 61.7 Å². The van der Waals surface area contributed by atoms with Crippen LogP contribution in [0, 0.1) is 13.8 Å². The fourth-order valence-electron chi connectivity index (χ4n) is 4.22. The van der Waals surface area contributed by atoms with Crippen molar-refractivity contribution in [2.75, 3.05) is 46.8 Å². The average molecular weight is 446 g/mol. The van der Waals surface area contributed by atoms with Gasteiger partial charge in [0.15, 0.2) is 0 Å². The Hall–Kier alpha value is -3.45. The van der Waals surface area contributed by atoms with Gasteiger partial charge in [-0.05, 0) is 45.6 Å². The third kappa shape index (κ3) is 4.98. The van der Waals surface area contributed by atoms with Gasteiger partial charge in [-0.2, -0.15) is 5.10 Å². The van der Waals surface area contributed by atoms with Gasteiger partial charge < -0.3 is 14.7 Å². The standard InChI is InChI=1S/C26H31N5O2/c1-19-10-11-22(20(2)16-19)25-23(17-31(27-25)21-8-6-5-7-9-21)26(33)30-14-12-29(13-15-30)24(32)18-28(3)4/h5-11,16-17H,12-15,18H2,1-4H3. The molecule has 0 unspecified atom stereocenters. The first-order valence-corrected chi connectivity index (χ1v) is 11.3. The van der Waals surface area contributed by atoms with Crippen LogP contribution >= 0.6 is 0 Å². The van der Waals surface area contributed by atoms with Crippen molar-refractivity contribution < 1.29 is 9.59 Å². The molecule has 1 aliphatic heterocycles. The second kappa shape index (κ2) is 9.58. The number of benzene rings is 2. The number of para-hydroxylation sites is 1. The Morgan fingerprint density at radius 2 is 1.61 bits per heavy atom. The molecule has 0 N–H and O–H groups in total. The van der Waals surface area contributed by atoms with Crippen LogP contribution in [-0.4, -0.2) is 83.1 Å². The SMILES string of the molecule is Cc1ccc(-c2nn(-c3ccccc3)cc2C(=O)N2CCN(C(=O)CN(C)C)CC2)c(C)c1. The predicted molar refractivity (Wildman–Crippen MR) is 130 cm³/mol. The third-order valence-electron chi connectivity index (χ3n) is 5.97. The number of hydrogen-bond donors (Lipinski definition) is 0. The average Bonchev–Trinajstić information content (AvgIpc) is 3.24. The van der Waals surface area contributed by atoms with E-state index in [1.807, 2.05) is 84.4 Å². The molecule has 1 fully saturated rings. The lowest BCUT2D eigenvalue weighted by atomic mass is 10.00. The van der Waals surface area contributed by atoms with Gasteiger partial charge in [-0.25, -0.2) is 4.68 Å². The second-order valence-electron chi connectivity index (χ2n) is 8.90. The Kier molecular flexibility index (Phi) is 6.60. The third-order valence-corrected chi connectivity index (χ3v) is 5.97. The molecule has 0 aliphatic carbocycles. The van der Waals surface area contributed by atoms with Crippen molar-refractivity contribution in [2.24, 2.45) is 0 Å². The number of rotatable bonds is 5. The van der Waals surface area contributed by atoms with E-state index < -0.39 is 0 Å². The molecule has 1 aliphatic rings. The molecule has 7 nitrogen and oxygen atoms in total. The number of carbonyl (C=O) groups is 2. The predicted octanol–water partition coefficient (Wildman–Crippen LogP) is 3.00. The van der Waals surface area contributed by atoms with Crippen molar-refractivity contribution in [3.63, 3.8) is 0 Å². The summed E-state index contributed by atoms with van der Waals surface area (Å²) in [5.74, 6) is 0.0480.